The van der Waals surface area contributed by atoms with Gasteiger partial charge in [-0.05, 0) is 35.4 Å². The van der Waals surface area contributed by atoms with Crippen molar-refractivity contribution in [2.24, 2.45) is 0 Å². The van der Waals surface area contributed by atoms with Crippen molar-refractivity contribution < 1.29 is 4.74 Å². The Labute approximate surface area is 168 Å². The Morgan fingerprint density at radius 2 is 2.14 bits per heavy atom. The highest BCUT2D eigenvalue weighted by atomic mass is 32.1. The van der Waals surface area contributed by atoms with E-state index < -0.39 is 6.10 Å². The molecule has 1 saturated heterocycles. The summed E-state index contributed by atoms with van der Waals surface area (Å²) >= 11 is 1.75. The van der Waals surface area contributed by atoms with Crippen LogP contribution in [0.3, 0.4) is 0 Å². The van der Waals surface area contributed by atoms with E-state index in [1.54, 1.807) is 11.3 Å². The summed E-state index contributed by atoms with van der Waals surface area (Å²) in [5.74, 6) is 2.13. The van der Waals surface area contributed by atoms with Crippen molar-refractivity contribution in [2.45, 2.75) is 31.4 Å². The van der Waals surface area contributed by atoms with Gasteiger partial charge in [0.25, 0.3) is 0 Å². The topological polar surface area (TPSA) is 67.0 Å². The molecule has 7 heteroatoms. The van der Waals surface area contributed by atoms with E-state index in [1.165, 1.54) is 16.0 Å². The van der Waals surface area contributed by atoms with E-state index in [0.29, 0.717) is 13.2 Å². The van der Waals surface area contributed by atoms with Crippen molar-refractivity contribution in [2.75, 3.05) is 24.6 Å². The van der Waals surface area contributed by atoms with Gasteiger partial charge < -0.3 is 9.64 Å². The Morgan fingerprint density at radius 3 is 3.00 bits per heavy atom. The largest absolute Gasteiger partial charge is 0.360 e. The molecule has 142 valence electrons. The van der Waals surface area contributed by atoms with E-state index in [0.717, 1.165) is 37.7 Å². The summed E-state index contributed by atoms with van der Waals surface area (Å²) in [5.41, 5.74) is 2.78. The monoisotopic (exact) mass is 391 g/mol. The minimum Gasteiger partial charge on any atom is -0.360 e. The fourth-order valence-electron chi connectivity index (χ4n) is 4.24. The van der Waals surface area contributed by atoms with E-state index in [4.69, 9.17) is 4.74 Å². The van der Waals surface area contributed by atoms with Gasteiger partial charge in [-0.25, -0.2) is 0 Å². The molecule has 1 aliphatic carbocycles. The predicted octanol–water partition coefficient (Wildman–Crippen LogP) is 3.19. The standard InChI is InChI=1S/C21H21N5OS/c22-12-16-13-25(9-10-27-16)21-24-23-20(26(21)14-17-5-3-11-28-17)19-8-7-15-4-1-2-6-18(15)19/h1-6,11,16,19H,7-10,13-14H2. The second-order valence-electron chi connectivity index (χ2n) is 7.25. The van der Waals surface area contributed by atoms with Crippen molar-refractivity contribution >= 4 is 17.3 Å². The number of benzene rings is 1. The molecule has 2 unspecified atom stereocenters. The Balaban J connectivity index is 1.54. The summed E-state index contributed by atoms with van der Waals surface area (Å²) in [5, 5.41) is 20.6. The fraction of sp³-hybridized carbons (Fsp3) is 0.381. The molecule has 2 aromatic heterocycles. The molecular weight excluding hydrogens is 370 g/mol. The molecule has 0 radical (unpaired) electrons. The lowest BCUT2D eigenvalue weighted by Crippen LogP contribution is -2.43. The smallest absolute Gasteiger partial charge is 0.227 e. The number of aromatic nitrogens is 3. The van der Waals surface area contributed by atoms with Crippen LogP contribution < -0.4 is 4.90 Å². The van der Waals surface area contributed by atoms with Crippen LogP contribution in [0.15, 0.2) is 41.8 Å². The maximum Gasteiger partial charge on any atom is 0.227 e. The quantitative estimate of drug-likeness (QED) is 0.683. The average Bonchev–Trinajstić information content (AvgIpc) is 3.48. The Morgan fingerprint density at radius 1 is 1.21 bits per heavy atom. The van der Waals surface area contributed by atoms with Crippen LogP contribution in [0.1, 0.15) is 34.2 Å². The lowest BCUT2D eigenvalue weighted by Gasteiger charge is -2.30. The number of nitriles is 1. The van der Waals surface area contributed by atoms with E-state index in [2.05, 4.69) is 67.5 Å². The van der Waals surface area contributed by atoms with Gasteiger partial charge >= 0.3 is 0 Å². The van der Waals surface area contributed by atoms with Crippen LogP contribution in [-0.2, 0) is 17.7 Å². The lowest BCUT2D eigenvalue weighted by atomic mass is 10.0. The second-order valence-corrected chi connectivity index (χ2v) is 8.28. The molecule has 2 atom stereocenters. The Kier molecular flexibility index (Phi) is 4.59. The van der Waals surface area contributed by atoms with Crippen LogP contribution in [0.4, 0.5) is 5.95 Å². The third-order valence-corrected chi connectivity index (χ3v) is 6.45. The minimum absolute atomic E-state index is 0.269. The van der Waals surface area contributed by atoms with Gasteiger partial charge in [0.1, 0.15) is 5.82 Å². The molecule has 2 aliphatic rings. The number of thiophene rings is 1. The zero-order valence-electron chi connectivity index (χ0n) is 15.5. The Bertz CT molecular complexity index is 1010. The third-order valence-electron chi connectivity index (χ3n) is 5.59. The summed E-state index contributed by atoms with van der Waals surface area (Å²) in [6.45, 7) is 2.54. The molecule has 28 heavy (non-hydrogen) atoms. The summed E-state index contributed by atoms with van der Waals surface area (Å²) < 4.78 is 7.77. The zero-order valence-corrected chi connectivity index (χ0v) is 16.3. The first-order chi connectivity index (χ1) is 13.8. The highest BCUT2D eigenvalue weighted by Gasteiger charge is 2.31. The minimum atomic E-state index is -0.420. The van der Waals surface area contributed by atoms with E-state index in [1.807, 2.05) is 0 Å². The van der Waals surface area contributed by atoms with Crippen molar-refractivity contribution in [1.82, 2.24) is 14.8 Å². The normalized spacial score (nSPS) is 21.5. The number of rotatable bonds is 4. The number of hydrogen-bond acceptors (Lipinski definition) is 6. The molecule has 1 fully saturated rings. The number of nitrogens with zero attached hydrogens (tertiary/aromatic N) is 5. The van der Waals surface area contributed by atoms with Gasteiger partial charge in [0.05, 0.1) is 25.8 Å². The molecule has 0 spiro atoms. The molecule has 5 rings (SSSR count). The average molecular weight is 392 g/mol. The van der Waals surface area contributed by atoms with Crippen LogP contribution in [0, 0.1) is 11.3 Å². The summed E-state index contributed by atoms with van der Waals surface area (Å²) in [7, 11) is 0. The molecule has 3 aromatic rings. The predicted molar refractivity (Wildman–Crippen MR) is 108 cm³/mol. The highest BCUT2D eigenvalue weighted by molar-refractivity contribution is 7.09. The SMILES string of the molecule is N#CC1CN(c2nnc(C3CCc4ccccc43)n2Cc2cccs2)CCO1. The molecule has 0 saturated carbocycles. The molecule has 0 bridgehead atoms. The summed E-state index contributed by atoms with van der Waals surface area (Å²) in [6.07, 6.45) is 1.72. The van der Waals surface area contributed by atoms with Crippen molar-refractivity contribution in [3.05, 3.63) is 63.6 Å². The second kappa shape index (κ2) is 7.38. The summed E-state index contributed by atoms with van der Waals surface area (Å²) in [4.78, 5) is 3.42. The third kappa shape index (κ3) is 3.09. The number of morpholine rings is 1. The van der Waals surface area contributed by atoms with Crippen LogP contribution in [0.5, 0.6) is 0 Å². The van der Waals surface area contributed by atoms with Crippen LogP contribution in [0.25, 0.3) is 0 Å². The van der Waals surface area contributed by atoms with E-state index >= 15 is 0 Å². The number of hydrogen-bond donors (Lipinski definition) is 0. The first-order valence-electron chi connectivity index (χ1n) is 9.63. The highest BCUT2D eigenvalue weighted by Crippen LogP contribution is 2.38. The molecule has 3 heterocycles. The zero-order chi connectivity index (χ0) is 18.9. The van der Waals surface area contributed by atoms with Gasteiger partial charge in [-0.1, -0.05) is 30.3 Å². The maximum absolute atomic E-state index is 9.28. The van der Waals surface area contributed by atoms with Crippen LogP contribution >= 0.6 is 11.3 Å². The van der Waals surface area contributed by atoms with Gasteiger partial charge in [0.15, 0.2) is 6.10 Å². The van der Waals surface area contributed by atoms with Gasteiger partial charge in [0, 0.05) is 17.3 Å². The van der Waals surface area contributed by atoms with Crippen LogP contribution in [0.2, 0.25) is 0 Å². The van der Waals surface area contributed by atoms with Gasteiger partial charge in [-0.2, -0.15) is 5.26 Å². The van der Waals surface area contributed by atoms with Gasteiger partial charge in [-0.3, -0.25) is 4.57 Å². The number of ether oxygens (including phenoxy) is 1. The van der Waals surface area contributed by atoms with Crippen molar-refractivity contribution in [3.63, 3.8) is 0 Å². The van der Waals surface area contributed by atoms with Crippen LogP contribution in [-0.4, -0.2) is 40.6 Å². The number of aryl methyl sites for hydroxylation is 1. The molecule has 0 N–H and O–H groups in total. The molecule has 1 aromatic carbocycles. The first-order valence-corrected chi connectivity index (χ1v) is 10.5. The summed E-state index contributed by atoms with van der Waals surface area (Å²) in [6, 6.07) is 15.1. The van der Waals surface area contributed by atoms with Crippen molar-refractivity contribution in [1.29, 1.82) is 5.26 Å². The fourth-order valence-corrected chi connectivity index (χ4v) is 4.94. The molecule has 6 nitrogen and oxygen atoms in total. The van der Waals surface area contributed by atoms with Crippen molar-refractivity contribution in [3.8, 4) is 6.07 Å². The number of fused-ring (bicyclic) bond motifs is 1. The molecular formula is C21H21N5OS. The Hall–Kier alpha value is -2.69. The van der Waals surface area contributed by atoms with E-state index in [9.17, 15) is 5.26 Å². The van der Waals surface area contributed by atoms with Gasteiger partial charge in [-0.15, -0.1) is 21.5 Å². The van der Waals surface area contributed by atoms with E-state index in [-0.39, 0.29) is 5.92 Å². The maximum atomic E-state index is 9.28. The molecule has 1 aliphatic heterocycles. The van der Waals surface area contributed by atoms with Gasteiger partial charge in [0.2, 0.25) is 5.95 Å². The first kappa shape index (κ1) is 17.4. The number of anilines is 1. The molecule has 0 amide bonds. The lowest BCUT2D eigenvalue weighted by molar-refractivity contribution is 0.0755.